The summed E-state index contributed by atoms with van der Waals surface area (Å²) in [6.45, 7) is 0. The Labute approximate surface area is 144 Å². The molecule has 1 aliphatic rings. The summed E-state index contributed by atoms with van der Waals surface area (Å²) >= 11 is 0. The molecule has 0 bridgehead atoms. The predicted molar refractivity (Wildman–Crippen MR) is 77.8 cm³/mol. The van der Waals surface area contributed by atoms with Crippen molar-refractivity contribution in [1.29, 1.82) is 0 Å². The van der Waals surface area contributed by atoms with Gasteiger partial charge in [-0.05, 0) is 17.5 Å². The molecule has 3 aromatic rings. The van der Waals surface area contributed by atoms with Gasteiger partial charge in [0.15, 0.2) is 0 Å². The molecule has 0 unspecified atom stereocenters. The first kappa shape index (κ1) is 13.7. The van der Waals surface area contributed by atoms with Crippen LogP contribution in [0.5, 0.6) is 0 Å². The van der Waals surface area contributed by atoms with Crippen molar-refractivity contribution in [1.82, 2.24) is 0 Å². The normalized spacial score (nSPS) is 11.4. The second-order valence-electron chi connectivity index (χ2n) is 4.86. The van der Waals surface area contributed by atoms with Crippen molar-refractivity contribution in [2.24, 2.45) is 0 Å². The van der Waals surface area contributed by atoms with Gasteiger partial charge in [0.2, 0.25) is 0 Å². The van der Waals surface area contributed by atoms with Crippen LogP contribution in [-0.4, -0.2) is 0 Å². The zero-order valence-electron chi connectivity index (χ0n) is 11.1. The predicted octanol–water partition coefficient (Wildman–Crippen LogP) is 4.52. The third-order valence-corrected chi connectivity index (χ3v) is 3.76. The Balaban J connectivity index is 0.00000121. The average Bonchev–Trinajstić information content (AvgIpc) is 2.87. The van der Waals surface area contributed by atoms with E-state index in [1.54, 1.807) is 0 Å². The fourth-order valence-corrected chi connectivity index (χ4v) is 2.88. The van der Waals surface area contributed by atoms with Gasteiger partial charge in [0.25, 0.3) is 0 Å². The van der Waals surface area contributed by atoms with Crippen molar-refractivity contribution in [2.75, 3.05) is 0 Å². The summed E-state index contributed by atoms with van der Waals surface area (Å²) in [5.41, 5.74) is 7.83. The van der Waals surface area contributed by atoms with Crippen LogP contribution in [0, 0.1) is 12.1 Å². The maximum Gasteiger partial charge on any atom is 0 e. The number of hydrogen-bond acceptors (Lipinski definition) is 0. The van der Waals surface area contributed by atoms with E-state index in [9.17, 15) is 0 Å². The van der Waals surface area contributed by atoms with Gasteiger partial charge in [-0.15, -0.1) is 17.7 Å². The molecule has 0 fully saturated rings. The summed E-state index contributed by atoms with van der Waals surface area (Å²) < 4.78 is 0. The monoisotopic (exact) mass is 329 g/mol. The standard InChI is InChI=1S/C19H12.Y/c1-2-7-14(8-3-1)16-11-6-12-18-17-10-5-4-9-15(17)13-19(16)18;/h1-7,9-10,12H,13H2;/q-2;. The van der Waals surface area contributed by atoms with Crippen molar-refractivity contribution in [3.8, 4) is 22.3 Å². The van der Waals surface area contributed by atoms with Crippen LogP contribution in [0.25, 0.3) is 22.3 Å². The van der Waals surface area contributed by atoms with Gasteiger partial charge in [-0.1, -0.05) is 24.3 Å². The Morgan fingerprint density at radius 3 is 2.45 bits per heavy atom. The van der Waals surface area contributed by atoms with E-state index in [2.05, 4.69) is 54.6 Å². The van der Waals surface area contributed by atoms with Gasteiger partial charge in [0.1, 0.15) is 0 Å². The minimum absolute atomic E-state index is 0. The number of fused-ring (bicyclic) bond motifs is 3. The van der Waals surface area contributed by atoms with E-state index in [0.717, 1.165) is 12.0 Å². The summed E-state index contributed by atoms with van der Waals surface area (Å²) in [6.07, 6.45) is 1.00. The van der Waals surface area contributed by atoms with E-state index in [4.69, 9.17) is 0 Å². The van der Waals surface area contributed by atoms with Gasteiger partial charge in [0, 0.05) is 32.7 Å². The molecule has 4 rings (SSSR count). The van der Waals surface area contributed by atoms with E-state index in [0.29, 0.717) is 0 Å². The fourth-order valence-electron chi connectivity index (χ4n) is 2.88. The first-order valence-corrected chi connectivity index (χ1v) is 6.52. The molecule has 1 heteroatoms. The molecule has 0 aliphatic heterocycles. The molecule has 0 saturated carbocycles. The molecule has 3 aromatic carbocycles. The van der Waals surface area contributed by atoms with E-state index in [1.807, 2.05) is 18.2 Å². The minimum Gasteiger partial charge on any atom is -0.226 e. The molecule has 0 aromatic heterocycles. The molecule has 0 saturated heterocycles. The molecular formula is C19H12Y-2. The van der Waals surface area contributed by atoms with Gasteiger partial charge in [-0.3, -0.25) is 0 Å². The van der Waals surface area contributed by atoms with Gasteiger partial charge in [-0.25, -0.2) is 11.1 Å². The van der Waals surface area contributed by atoms with Crippen LogP contribution in [0.2, 0.25) is 0 Å². The molecule has 0 spiro atoms. The molecule has 0 nitrogen and oxygen atoms in total. The fraction of sp³-hybridized carbons (Fsp3) is 0.0526. The summed E-state index contributed by atoms with van der Waals surface area (Å²) in [6, 6.07) is 27.7. The maximum atomic E-state index is 3.39. The topological polar surface area (TPSA) is 0 Å². The summed E-state index contributed by atoms with van der Waals surface area (Å²) in [7, 11) is 0. The van der Waals surface area contributed by atoms with Crippen LogP contribution in [0.1, 0.15) is 11.1 Å². The molecule has 1 radical (unpaired) electrons. The molecule has 0 atom stereocenters. The van der Waals surface area contributed by atoms with Crippen molar-refractivity contribution in [2.45, 2.75) is 6.42 Å². The maximum absolute atomic E-state index is 3.39. The van der Waals surface area contributed by atoms with Crippen LogP contribution in [0.3, 0.4) is 0 Å². The summed E-state index contributed by atoms with van der Waals surface area (Å²) in [5, 5.41) is 0. The molecule has 93 valence electrons. The SMILES string of the molecule is [Y].[c-]1ccccc1-c1[c-]ccc2c1Cc1ccccc1-2. The molecular weight excluding hydrogens is 317 g/mol. The average molecular weight is 329 g/mol. The van der Waals surface area contributed by atoms with E-state index >= 15 is 0 Å². The van der Waals surface area contributed by atoms with Gasteiger partial charge in [0.05, 0.1) is 0 Å². The Morgan fingerprint density at radius 2 is 1.60 bits per heavy atom. The van der Waals surface area contributed by atoms with Gasteiger partial charge < -0.3 is 0 Å². The Morgan fingerprint density at radius 1 is 0.750 bits per heavy atom. The number of rotatable bonds is 1. The first-order valence-electron chi connectivity index (χ1n) is 6.52. The third-order valence-electron chi connectivity index (χ3n) is 3.76. The minimum atomic E-state index is 0. The number of benzene rings is 3. The first-order chi connectivity index (χ1) is 9.43. The van der Waals surface area contributed by atoms with Crippen LogP contribution < -0.4 is 0 Å². The zero-order valence-corrected chi connectivity index (χ0v) is 13.9. The van der Waals surface area contributed by atoms with Crippen LogP contribution in [0.4, 0.5) is 0 Å². The smallest absolute Gasteiger partial charge is 0 e. The van der Waals surface area contributed by atoms with Crippen LogP contribution in [-0.2, 0) is 39.1 Å². The zero-order chi connectivity index (χ0) is 12.7. The molecule has 20 heavy (non-hydrogen) atoms. The number of hydrogen-bond donors (Lipinski definition) is 0. The van der Waals surface area contributed by atoms with Crippen molar-refractivity contribution >= 4 is 0 Å². The second kappa shape index (κ2) is 5.64. The van der Waals surface area contributed by atoms with Crippen LogP contribution >= 0.6 is 0 Å². The molecule has 0 heterocycles. The van der Waals surface area contributed by atoms with E-state index < -0.39 is 0 Å². The van der Waals surface area contributed by atoms with Gasteiger partial charge >= 0.3 is 0 Å². The molecule has 0 N–H and O–H groups in total. The quantitative estimate of drug-likeness (QED) is 0.450. The van der Waals surface area contributed by atoms with E-state index in [-0.39, 0.29) is 32.7 Å². The van der Waals surface area contributed by atoms with Crippen molar-refractivity contribution < 1.29 is 32.7 Å². The Bertz CT molecular complexity index is 745. The summed E-state index contributed by atoms with van der Waals surface area (Å²) in [4.78, 5) is 0. The van der Waals surface area contributed by atoms with E-state index in [1.165, 1.54) is 27.8 Å². The Kier molecular flexibility index (Phi) is 3.87. The molecule has 0 amide bonds. The van der Waals surface area contributed by atoms with Crippen molar-refractivity contribution in [3.05, 3.63) is 83.9 Å². The Hall–Kier alpha value is -1.24. The largest absolute Gasteiger partial charge is 0.226 e. The molecule has 1 aliphatic carbocycles. The summed E-state index contributed by atoms with van der Waals surface area (Å²) in [5.74, 6) is 0. The third kappa shape index (κ3) is 2.18. The van der Waals surface area contributed by atoms with Crippen LogP contribution in [0.15, 0.2) is 60.7 Å². The van der Waals surface area contributed by atoms with Crippen molar-refractivity contribution in [3.63, 3.8) is 0 Å². The van der Waals surface area contributed by atoms with Gasteiger partial charge in [-0.2, -0.15) is 42.0 Å². The second-order valence-corrected chi connectivity index (χ2v) is 4.86.